The molecule has 1 saturated carbocycles. The number of aliphatic carboxylic acids is 2. The molecule has 0 bridgehead atoms. The highest BCUT2D eigenvalue weighted by Crippen LogP contribution is 2.46. The fourth-order valence-electron chi connectivity index (χ4n) is 19.4. The summed E-state index contributed by atoms with van der Waals surface area (Å²) in [4.78, 5) is 97.9. The second kappa shape index (κ2) is 45.2. The van der Waals surface area contributed by atoms with Crippen LogP contribution in [0.25, 0.3) is 33.4 Å². The zero-order valence-electron chi connectivity index (χ0n) is 81.7. The number of rotatable bonds is 26. The van der Waals surface area contributed by atoms with Crippen molar-refractivity contribution in [3.8, 4) is 33.4 Å². The largest absolute Gasteiger partial charge is 0.513 e. The number of halogens is 19. The van der Waals surface area contributed by atoms with Crippen LogP contribution in [0.15, 0.2) is 160 Å². The summed E-state index contributed by atoms with van der Waals surface area (Å²) >= 11 is 6.69. The Morgan fingerprint density at radius 3 is 1.18 bits per heavy atom. The van der Waals surface area contributed by atoms with Gasteiger partial charge < -0.3 is 68.2 Å². The molecule has 3 unspecified atom stereocenters. The molecule has 5 aliphatic rings. The van der Waals surface area contributed by atoms with Gasteiger partial charge in [0.2, 0.25) is 23.8 Å². The maximum Gasteiger partial charge on any atom is 0.416 e. The molecule has 0 spiro atoms. The van der Waals surface area contributed by atoms with E-state index in [0.29, 0.717) is 148 Å². The van der Waals surface area contributed by atoms with Crippen LogP contribution in [0.4, 0.5) is 118 Å². The van der Waals surface area contributed by atoms with Crippen molar-refractivity contribution in [1.82, 2.24) is 68.6 Å². The summed E-state index contributed by atoms with van der Waals surface area (Å²) in [6.45, 7) is 15.9. The number of aliphatic hydroxyl groups excluding tert-OH is 1. The predicted molar refractivity (Wildman–Crippen MR) is 508 cm³/mol. The van der Waals surface area contributed by atoms with Crippen molar-refractivity contribution in [1.29, 1.82) is 0 Å². The monoisotopic (exact) mass is 2100 g/mol. The average Bonchev–Trinajstić information content (AvgIpc) is 0.943. The molecule has 3 N–H and O–H groups in total. The number of alkyl halides is 18. The van der Waals surface area contributed by atoms with E-state index in [9.17, 15) is 114 Å². The Morgan fingerprint density at radius 2 is 0.837 bits per heavy atom. The van der Waals surface area contributed by atoms with E-state index in [1.807, 2.05) is 90.7 Å². The van der Waals surface area contributed by atoms with Gasteiger partial charge in [0.15, 0.2) is 5.82 Å². The molecular weight excluding hydrogens is 1990 g/mol. The number of ether oxygens (including phenoxy) is 2. The van der Waals surface area contributed by atoms with Crippen LogP contribution in [0.1, 0.15) is 188 Å². The molecule has 4 saturated heterocycles. The van der Waals surface area contributed by atoms with E-state index in [1.54, 1.807) is 99.7 Å². The minimum Gasteiger partial charge on any atom is -0.513 e. The minimum absolute atomic E-state index is 0.00695. The number of hydrogen-bond acceptors (Lipinski definition) is 21. The van der Waals surface area contributed by atoms with Crippen LogP contribution in [-0.4, -0.2) is 189 Å². The summed E-state index contributed by atoms with van der Waals surface area (Å²) in [5.74, 6) is -1.02. The predicted octanol–water partition coefficient (Wildman–Crippen LogP) is 23.1. The lowest BCUT2D eigenvalue weighted by molar-refractivity contribution is -0.149. The van der Waals surface area contributed by atoms with Gasteiger partial charge in [-0.1, -0.05) is 39.0 Å². The van der Waals surface area contributed by atoms with Crippen LogP contribution in [0.5, 0.6) is 0 Å². The number of amides is 2. The highest BCUT2D eigenvalue weighted by Gasteiger charge is 2.48. The normalized spacial score (nSPS) is 20.4. The summed E-state index contributed by atoms with van der Waals surface area (Å²) in [5.41, 5.74) is -6.07. The number of likely N-dealkylation sites (tertiary alicyclic amines) is 2. The van der Waals surface area contributed by atoms with Crippen LogP contribution >= 0.6 is 11.6 Å². The maximum atomic E-state index is 13.8. The van der Waals surface area contributed by atoms with E-state index in [1.165, 1.54) is 20.0 Å². The minimum atomic E-state index is -5.02. The third-order valence-corrected chi connectivity index (χ3v) is 27.6. The van der Waals surface area contributed by atoms with E-state index in [2.05, 4.69) is 46.6 Å². The van der Waals surface area contributed by atoms with Gasteiger partial charge in [-0.3, -0.25) is 14.3 Å². The topological polar surface area (TPSA) is 301 Å². The van der Waals surface area contributed by atoms with E-state index < -0.39 is 154 Å². The second-order valence-electron chi connectivity index (χ2n) is 38.5. The van der Waals surface area contributed by atoms with Gasteiger partial charge in [-0.05, 0) is 201 Å². The Balaban J connectivity index is 0.000000184. The van der Waals surface area contributed by atoms with Gasteiger partial charge in [-0.2, -0.15) is 89.1 Å². The lowest BCUT2D eigenvalue weighted by atomic mass is 9.87. The van der Waals surface area contributed by atoms with Crippen LogP contribution < -0.4 is 24.5 Å². The van der Waals surface area contributed by atoms with Gasteiger partial charge in [0.25, 0.3) is 0 Å². The molecule has 5 fully saturated rings. The van der Waals surface area contributed by atoms with Gasteiger partial charge in [0.05, 0.1) is 68.9 Å². The van der Waals surface area contributed by atoms with Gasteiger partial charge in [-0.25, -0.2) is 44.5 Å². The fraction of sp³-hybridized carbons (Fsp3) is 0.490. The number of carboxylic acid groups (broad SMARTS) is 2. The lowest BCUT2D eigenvalue weighted by Crippen LogP contribution is -2.57. The molecular formula is C100H112ClF18N19O9. The number of aryl methyl sites for hydroxylation is 3. The number of anilines is 5. The zero-order chi connectivity index (χ0) is 107. The molecule has 794 valence electrons. The molecule has 2 amide bonds. The van der Waals surface area contributed by atoms with Crippen molar-refractivity contribution in [2.45, 2.75) is 249 Å². The first-order valence-electron chi connectivity index (χ1n) is 47.6. The smallest absolute Gasteiger partial charge is 0.416 e. The summed E-state index contributed by atoms with van der Waals surface area (Å²) < 4.78 is 264. The quantitative estimate of drug-likeness (QED) is 0.0335. The number of benzene rings is 3. The number of allylic oxidation sites excluding steroid dienone is 1. The van der Waals surface area contributed by atoms with Gasteiger partial charge >= 0.3 is 61.2 Å². The molecule has 47 heteroatoms. The highest BCUT2D eigenvalue weighted by atomic mass is 35.5. The Hall–Kier alpha value is -13.2. The molecule has 11 heterocycles. The zero-order valence-corrected chi connectivity index (χ0v) is 82.5. The second-order valence-corrected chi connectivity index (χ2v) is 38.9. The summed E-state index contributed by atoms with van der Waals surface area (Å²) in [6.07, 6.45) is -3.88. The maximum absolute atomic E-state index is 13.8. The highest BCUT2D eigenvalue weighted by molar-refractivity contribution is 6.32. The summed E-state index contributed by atoms with van der Waals surface area (Å²) in [7, 11) is 5.44. The van der Waals surface area contributed by atoms with Crippen LogP contribution in [0.3, 0.4) is 0 Å². The lowest BCUT2D eigenvalue weighted by Gasteiger charge is -2.47. The third-order valence-electron chi connectivity index (χ3n) is 27.3. The SMILES string of the molecule is C=C(O)C1CCN(c2ncc(Cl)c(N3CC(N(Cc4cc(C(F)(F)F)cc(C(F)(F)F)c4)c4ncc(-c5cnn(C)c5)cn4)C[C@H]3CC)n2)CC1.CC[C@@H]1CC(N(Cc2cc(C(F)(F)F)cc(C(F)(F)F)c2)c2ncc(-c3ccn(C)c3)cn2)C[C@H](CC)N1C(=O)OCC(C)(C)C(=O)O.C[C@@H]1CC(N(Cc2cc(C(F)(F)F)cc(C(F)(F)F)c2)c2ncc(-c3ccn(C)c3)cn2)C[C@H](C)N1C(=O)OC1CCC(C(=O)O)CC1. The molecule has 3 aromatic carbocycles. The van der Waals surface area contributed by atoms with Crippen LogP contribution in [0, 0.1) is 17.3 Å². The van der Waals surface area contributed by atoms with Gasteiger partial charge in [-0.15, -0.1) is 0 Å². The fourth-order valence-corrected chi connectivity index (χ4v) is 19.6. The number of carbonyl (C=O) groups excluding carboxylic acids is 2. The van der Waals surface area contributed by atoms with Gasteiger partial charge in [0.1, 0.15) is 17.7 Å². The molecule has 10 aromatic rings. The van der Waals surface area contributed by atoms with Crippen molar-refractivity contribution in [3.05, 3.63) is 215 Å². The Morgan fingerprint density at radius 1 is 0.456 bits per heavy atom. The number of carbonyl (C=O) groups is 4. The van der Waals surface area contributed by atoms with Gasteiger partial charge in [0, 0.05) is 210 Å². The van der Waals surface area contributed by atoms with Crippen LogP contribution in [-0.2, 0) is 96.9 Å². The van der Waals surface area contributed by atoms with Crippen molar-refractivity contribution in [3.63, 3.8) is 0 Å². The van der Waals surface area contributed by atoms with E-state index in [4.69, 9.17) is 26.1 Å². The Labute approximate surface area is 839 Å². The molecule has 15 rings (SSSR count). The Kier molecular flexibility index (Phi) is 34.2. The van der Waals surface area contributed by atoms with E-state index in [-0.39, 0.29) is 116 Å². The molecule has 4 aliphatic heterocycles. The first-order valence-corrected chi connectivity index (χ1v) is 48.0. The van der Waals surface area contributed by atoms with E-state index >= 15 is 0 Å². The number of hydrogen-bond donors (Lipinski definition) is 3. The number of aliphatic hydroxyl groups is 1. The van der Waals surface area contributed by atoms with Crippen molar-refractivity contribution in [2.24, 2.45) is 38.4 Å². The summed E-state index contributed by atoms with van der Waals surface area (Å²) in [5, 5.41) is 33.0. The Bertz CT molecular complexity index is 6100. The summed E-state index contributed by atoms with van der Waals surface area (Å²) in [6, 6.07) is 5.04. The average molecular weight is 2100 g/mol. The first-order chi connectivity index (χ1) is 68.9. The number of aromatic nitrogens is 12. The molecule has 1 aliphatic carbocycles. The van der Waals surface area contributed by atoms with E-state index in [0.717, 1.165) is 28.8 Å². The third kappa shape index (κ3) is 27.6. The van der Waals surface area contributed by atoms with Crippen molar-refractivity contribution >= 4 is 65.3 Å². The van der Waals surface area contributed by atoms with Crippen LogP contribution in [0.2, 0.25) is 5.02 Å². The number of piperidine rings is 3. The standard InChI is InChI=1S/C34H36ClF6N9O.C33H37F6N5O4.C33H39F6N5O4/c1-4-27-12-28(19-49(27)30-29(35)16-44-32(46-30)48-7-5-22(6-8-48)20(2)51)50(31-42-13-23(14-43-31)24-15-45-47(3)18-24)17-21-9-25(33(36,37)38)11-26(10-21)34(39,40)41;1-19-10-27(11-20(2)44(19)31(47)48-28-6-4-22(5-7-28)29(45)46)43(30-40-15-24(16-41-30)23-8-9-42(3)18-23)17-21-12-25(32(34,35)36)14-26(13-21)33(37,38)39;1-6-25-13-27(14-26(7-2)44(25)30(47)48-19-31(3,4)28(45)46)43(29-40-15-22(16-41-29)21-8-9-42(5)18-21)17-20-10-23(32(34,35)36)12-24(11-20)33(37,38)39/h9-11,13-16,18,22,27-28,51H,2,4-8,12,17,19H2,1,3H3;8-9,12-16,18-20,22,27-28H,4-7,10-11,17H2,1-3H3,(H,45,46);8-12,15-16,18,25-27H,6-7,13-14,17,19H2,1-5H3,(H,45,46)/t27-,28?;19-,20+,22?,27?,28?;25-,26+,27?/m1../s1. The molecule has 0 radical (unpaired) electrons. The molecule has 8 atom stereocenters. The van der Waals surface area contributed by atoms with Crippen molar-refractivity contribution in [2.75, 3.05) is 50.7 Å². The number of nitrogens with zero attached hydrogens (tertiary/aromatic N) is 19. The number of carboxylic acids is 2. The molecule has 28 nitrogen and oxygen atoms in total. The molecule has 7 aromatic heterocycles. The molecule has 147 heavy (non-hydrogen) atoms. The first kappa shape index (κ1) is 111. The van der Waals surface area contributed by atoms with Crippen molar-refractivity contribution < 1.29 is 123 Å².